The maximum Gasteiger partial charge on any atom is 0.326 e. The van der Waals surface area contributed by atoms with Crippen molar-refractivity contribution in [2.75, 3.05) is 6.54 Å². The maximum atomic E-state index is 13.6. The summed E-state index contributed by atoms with van der Waals surface area (Å²) in [5, 5.41) is 36.4. The fourth-order valence-electron chi connectivity index (χ4n) is 4.67. The van der Waals surface area contributed by atoms with Gasteiger partial charge >= 0.3 is 11.9 Å². The Hall–Kier alpha value is -4.95. The lowest BCUT2D eigenvalue weighted by Crippen LogP contribution is -2.58. The summed E-state index contributed by atoms with van der Waals surface area (Å²) in [6.07, 6.45) is 2.03. The molecule has 0 radical (unpaired) electrons. The Labute approximate surface area is 253 Å². The van der Waals surface area contributed by atoms with Gasteiger partial charge in [-0.2, -0.15) is 0 Å². The molecule has 11 N–H and O–H groups in total. The van der Waals surface area contributed by atoms with Crippen LogP contribution in [0.5, 0.6) is 5.75 Å². The standard InChI is InChI=1S/C30H38N6O8/c31-12-4-3-7-23(28(41)36-25(30(43)44)15-26(38)39)34-29(42)24(13-17-8-10-19(37)11-9-17)35-27(40)21(32)14-18-16-33-22-6-2-1-5-20(18)22/h1-2,5-6,8-11,16,21,23-25,33,37H,3-4,7,12-15,31-32H2,(H,34,42)(H,35,40)(H,36,41)(H,38,39)(H,43,44). The lowest BCUT2D eigenvalue weighted by molar-refractivity contribution is -0.147. The molecule has 44 heavy (non-hydrogen) atoms. The van der Waals surface area contributed by atoms with Gasteiger partial charge in [0.25, 0.3) is 0 Å². The zero-order valence-electron chi connectivity index (χ0n) is 24.0. The minimum absolute atomic E-state index is 0.00511. The number of carbonyl (C=O) groups excluding carboxylic acids is 3. The first-order valence-corrected chi connectivity index (χ1v) is 14.1. The van der Waals surface area contributed by atoms with Gasteiger partial charge in [-0.1, -0.05) is 30.3 Å². The number of phenols is 1. The van der Waals surface area contributed by atoms with Crippen molar-refractivity contribution in [1.29, 1.82) is 0 Å². The quantitative estimate of drug-likeness (QED) is 0.0934. The smallest absolute Gasteiger partial charge is 0.326 e. The minimum Gasteiger partial charge on any atom is -0.508 e. The Morgan fingerprint density at radius 2 is 1.43 bits per heavy atom. The molecule has 3 amide bonds. The Morgan fingerprint density at radius 1 is 0.795 bits per heavy atom. The van der Waals surface area contributed by atoms with Crippen molar-refractivity contribution < 1.29 is 39.3 Å². The highest BCUT2D eigenvalue weighted by molar-refractivity contribution is 5.95. The number of fused-ring (bicyclic) bond motifs is 1. The predicted octanol–water partition coefficient (Wildman–Crippen LogP) is 0.129. The average molecular weight is 611 g/mol. The summed E-state index contributed by atoms with van der Waals surface area (Å²) in [5.74, 6) is -5.23. The number of carboxylic acid groups (broad SMARTS) is 2. The number of hydrogen-bond acceptors (Lipinski definition) is 8. The fourth-order valence-corrected chi connectivity index (χ4v) is 4.67. The topological polar surface area (TPSA) is 250 Å². The Bertz CT molecular complexity index is 1460. The third-order valence-electron chi connectivity index (χ3n) is 7.03. The number of nitrogens with one attached hydrogen (secondary N) is 4. The van der Waals surface area contributed by atoms with Crippen LogP contribution in [0.2, 0.25) is 0 Å². The van der Waals surface area contributed by atoms with Crippen molar-refractivity contribution in [1.82, 2.24) is 20.9 Å². The molecule has 3 rings (SSSR count). The number of benzene rings is 2. The number of rotatable bonds is 17. The molecular formula is C30H38N6O8. The summed E-state index contributed by atoms with van der Waals surface area (Å²) in [5.41, 5.74) is 14.1. The number of aromatic amines is 1. The van der Waals surface area contributed by atoms with E-state index in [0.717, 1.165) is 16.5 Å². The number of carbonyl (C=O) groups is 5. The summed E-state index contributed by atoms with van der Waals surface area (Å²) in [6.45, 7) is 0.312. The minimum atomic E-state index is -1.72. The molecule has 0 saturated heterocycles. The zero-order valence-corrected chi connectivity index (χ0v) is 24.0. The molecule has 14 nitrogen and oxygen atoms in total. The number of nitrogens with two attached hydrogens (primary N) is 2. The van der Waals surface area contributed by atoms with E-state index in [-0.39, 0.29) is 25.0 Å². The Balaban J connectivity index is 1.79. The van der Waals surface area contributed by atoms with E-state index >= 15 is 0 Å². The van der Waals surface area contributed by atoms with Crippen molar-refractivity contribution in [3.63, 3.8) is 0 Å². The van der Waals surface area contributed by atoms with Crippen LogP contribution in [-0.2, 0) is 36.8 Å². The highest BCUT2D eigenvalue weighted by Gasteiger charge is 2.31. The van der Waals surface area contributed by atoms with Crippen LogP contribution in [0.3, 0.4) is 0 Å². The van der Waals surface area contributed by atoms with Crippen molar-refractivity contribution >= 4 is 40.6 Å². The van der Waals surface area contributed by atoms with E-state index in [0.29, 0.717) is 24.9 Å². The zero-order chi connectivity index (χ0) is 32.2. The molecular weight excluding hydrogens is 572 g/mol. The number of H-pyrrole nitrogens is 1. The Morgan fingerprint density at radius 3 is 2.09 bits per heavy atom. The molecule has 0 saturated carbocycles. The molecule has 0 fully saturated rings. The number of phenolic OH excluding ortho intramolecular Hbond substituents is 1. The predicted molar refractivity (Wildman–Crippen MR) is 160 cm³/mol. The van der Waals surface area contributed by atoms with Crippen molar-refractivity contribution in [2.45, 2.75) is 62.7 Å². The number of hydrogen-bond donors (Lipinski definition) is 9. The summed E-state index contributed by atoms with van der Waals surface area (Å²) < 4.78 is 0. The largest absolute Gasteiger partial charge is 0.508 e. The SMILES string of the molecule is NCCCCC(NC(=O)C(Cc1ccc(O)cc1)NC(=O)C(N)Cc1c[nH]c2ccccc12)C(=O)NC(CC(=O)O)C(=O)O. The molecule has 4 unspecified atom stereocenters. The molecule has 0 aliphatic carbocycles. The second-order valence-corrected chi connectivity index (χ2v) is 10.4. The number of aromatic nitrogens is 1. The van der Waals surface area contributed by atoms with Gasteiger partial charge in [0, 0.05) is 23.5 Å². The van der Waals surface area contributed by atoms with Gasteiger partial charge in [0.15, 0.2) is 0 Å². The van der Waals surface area contributed by atoms with Crippen LogP contribution < -0.4 is 27.4 Å². The molecule has 0 aliphatic rings. The number of unbranched alkanes of at least 4 members (excludes halogenated alkanes) is 1. The van der Waals surface area contributed by atoms with Gasteiger partial charge in [-0.3, -0.25) is 19.2 Å². The lowest BCUT2D eigenvalue weighted by Gasteiger charge is -2.25. The van der Waals surface area contributed by atoms with Gasteiger partial charge in [-0.05, 0) is 61.6 Å². The molecule has 3 aromatic rings. The monoisotopic (exact) mass is 610 g/mol. The third kappa shape index (κ3) is 9.81. The molecule has 2 aromatic carbocycles. The molecule has 1 heterocycles. The summed E-state index contributed by atoms with van der Waals surface area (Å²) >= 11 is 0. The second kappa shape index (κ2) is 16.0. The lowest BCUT2D eigenvalue weighted by atomic mass is 10.0. The Kier molecular flexibility index (Phi) is 12.2. The number of aromatic hydroxyl groups is 1. The highest BCUT2D eigenvalue weighted by atomic mass is 16.4. The molecule has 236 valence electrons. The number of carboxylic acids is 2. The van der Waals surface area contributed by atoms with Crippen LogP contribution in [0.4, 0.5) is 0 Å². The van der Waals surface area contributed by atoms with Crippen LogP contribution in [0.25, 0.3) is 10.9 Å². The van der Waals surface area contributed by atoms with Crippen molar-refractivity contribution in [3.8, 4) is 5.75 Å². The average Bonchev–Trinajstić information content (AvgIpc) is 3.39. The highest BCUT2D eigenvalue weighted by Crippen LogP contribution is 2.19. The molecule has 14 heteroatoms. The molecule has 0 spiro atoms. The van der Waals surface area contributed by atoms with Crippen LogP contribution in [-0.4, -0.2) is 80.7 Å². The van der Waals surface area contributed by atoms with Gasteiger partial charge in [-0.25, -0.2) is 4.79 Å². The number of para-hydroxylation sites is 1. The second-order valence-electron chi connectivity index (χ2n) is 10.4. The van der Waals surface area contributed by atoms with E-state index in [1.165, 1.54) is 12.1 Å². The van der Waals surface area contributed by atoms with Gasteiger partial charge in [0.2, 0.25) is 17.7 Å². The first-order valence-electron chi connectivity index (χ1n) is 14.1. The van der Waals surface area contributed by atoms with Crippen LogP contribution >= 0.6 is 0 Å². The van der Waals surface area contributed by atoms with E-state index in [4.69, 9.17) is 16.6 Å². The van der Waals surface area contributed by atoms with E-state index in [9.17, 15) is 34.2 Å². The van der Waals surface area contributed by atoms with Crippen LogP contribution in [0.15, 0.2) is 54.7 Å². The van der Waals surface area contributed by atoms with E-state index < -0.39 is 60.2 Å². The third-order valence-corrected chi connectivity index (χ3v) is 7.03. The fraction of sp³-hybridized carbons (Fsp3) is 0.367. The van der Waals surface area contributed by atoms with Gasteiger partial charge in [0.1, 0.15) is 23.9 Å². The van der Waals surface area contributed by atoms with Crippen molar-refractivity contribution in [2.24, 2.45) is 11.5 Å². The molecule has 1 aromatic heterocycles. The maximum absolute atomic E-state index is 13.6. The molecule has 0 bridgehead atoms. The van der Waals surface area contributed by atoms with E-state index in [2.05, 4.69) is 20.9 Å². The summed E-state index contributed by atoms with van der Waals surface area (Å²) in [4.78, 5) is 65.6. The molecule has 4 atom stereocenters. The van der Waals surface area contributed by atoms with E-state index in [1.807, 2.05) is 24.3 Å². The number of aliphatic carboxylic acids is 2. The van der Waals surface area contributed by atoms with E-state index in [1.54, 1.807) is 18.3 Å². The molecule has 0 aliphatic heterocycles. The number of amides is 3. The summed E-state index contributed by atoms with van der Waals surface area (Å²) in [6, 6.07) is 8.32. The van der Waals surface area contributed by atoms with Gasteiger partial charge in [-0.15, -0.1) is 0 Å². The first kappa shape index (κ1) is 33.6. The van der Waals surface area contributed by atoms with Gasteiger partial charge in [0.05, 0.1) is 12.5 Å². The van der Waals surface area contributed by atoms with Crippen LogP contribution in [0.1, 0.15) is 36.8 Å². The normalized spacial score (nSPS) is 13.8. The first-order chi connectivity index (χ1) is 21.0. The van der Waals surface area contributed by atoms with Crippen molar-refractivity contribution in [3.05, 3.63) is 65.9 Å². The summed E-state index contributed by atoms with van der Waals surface area (Å²) in [7, 11) is 0. The van der Waals surface area contributed by atoms with Crippen LogP contribution in [0, 0.1) is 0 Å². The van der Waals surface area contributed by atoms with Gasteiger partial charge < -0.3 is 47.7 Å².